The van der Waals surface area contributed by atoms with Gasteiger partial charge in [0.15, 0.2) is 9.84 Å². The number of carbonyl (C=O) groups excluding carboxylic acids is 1. The first-order chi connectivity index (χ1) is 8.83. The second kappa shape index (κ2) is 5.13. The van der Waals surface area contributed by atoms with Crippen LogP contribution in [0.5, 0.6) is 0 Å². The summed E-state index contributed by atoms with van der Waals surface area (Å²) >= 11 is 5.79. The van der Waals surface area contributed by atoms with Gasteiger partial charge in [0.1, 0.15) is 0 Å². The highest BCUT2D eigenvalue weighted by Gasteiger charge is 2.38. The van der Waals surface area contributed by atoms with Crippen molar-refractivity contribution < 1.29 is 13.2 Å². The van der Waals surface area contributed by atoms with Gasteiger partial charge >= 0.3 is 0 Å². The molecular weight excluding hydrogens is 286 g/mol. The summed E-state index contributed by atoms with van der Waals surface area (Å²) in [6, 6.07) is 6.31. The number of hydrogen-bond donors (Lipinski definition) is 0. The Kier molecular flexibility index (Phi) is 3.87. The topological polar surface area (TPSA) is 54.5 Å². The minimum atomic E-state index is -3.08. The Labute approximate surface area is 118 Å². The van der Waals surface area contributed by atoms with Crippen molar-refractivity contribution in [2.75, 3.05) is 12.3 Å². The van der Waals surface area contributed by atoms with Crippen LogP contribution in [0.15, 0.2) is 24.3 Å². The van der Waals surface area contributed by atoms with E-state index in [-0.39, 0.29) is 24.2 Å². The van der Waals surface area contributed by atoms with Crippen LogP contribution in [0.4, 0.5) is 0 Å². The van der Waals surface area contributed by atoms with Crippen molar-refractivity contribution in [2.45, 2.75) is 25.1 Å². The molecule has 0 N–H and O–H groups in total. The third kappa shape index (κ3) is 2.77. The number of hydrogen-bond acceptors (Lipinski definition) is 3. The minimum Gasteiger partial charge on any atom is -0.334 e. The molecule has 0 aromatic heterocycles. The van der Waals surface area contributed by atoms with Gasteiger partial charge < -0.3 is 4.90 Å². The monoisotopic (exact) mass is 301 g/mol. The van der Waals surface area contributed by atoms with E-state index >= 15 is 0 Å². The van der Waals surface area contributed by atoms with Crippen molar-refractivity contribution in [1.29, 1.82) is 0 Å². The Bertz CT molecular complexity index is 582. The average molecular weight is 302 g/mol. The number of rotatable bonds is 1. The number of carbonyl (C=O) groups is 1. The Hall–Kier alpha value is -1.07. The van der Waals surface area contributed by atoms with Crippen LogP contribution in [0.25, 0.3) is 0 Å². The SMILES string of the molecule is C[C@@H]1[C@@H](C)S(=O)(=O)CCN1C(=O)c1ccc(Cl)cc1. The van der Waals surface area contributed by atoms with Gasteiger partial charge in [-0.3, -0.25) is 4.79 Å². The van der Waals surface area contributed by atoms with E-state index in [0.717, 1.165) is 0 Å². The second-order valence-corrected chi connectivity index (χ2v) is 7.73. The standard InChI is InChI=1S/C13H16ClNO3S/c1-9-10(2)19(17,18)8-7-15(9)13(16)11-3-5-12(14)6-4-11/h3-6,9-10H,7-8H2,1-2H3/t9-,10-/m1/s1. The van der Waals surface area contributed by atoms with E-state index in [0.29, 0.717) is 10.6 Å². The van der Waals surface area contributed by atoms with Crippen molar-refractivity contribution in [3.63, 3.8) is 0 Å². The van der Waals surface area contributed by atoms with Gasteiger partial charge in [-0.25, -0.2) is 8.42 Å². The van der Waals surface area contributed by atoms with Crippen LogP contribution < -0.4 is 0 Å². The molecule has 1 aromatic carbocycles. The van der Waals surface area contributed by atoms with E-state index in [1.54, 1.807) is 43.0 Å². The van der Waals surface area contributed by atoms with Gasteiger partial charge in [-0.15, -0.1) is 0 Å². The van der Waals surface area contributed by atoms with Crippen LogP contribution in [0.2, 0.25) is 5.02 Å². The van der Waals surface area contributed by atoms with Crippen molar-refractivity contribution in [3.8, 4) is 0 Å². The molecule has 0 spiro atoms. The molecule has 0 unspecified atom stereocenters. The Morgan fingerprint density at radius 1 is 1.26 bits per heavy atom. The quantitative estimate of drug-likeness (QED) is 0.797. The molecule has 19 heavy (non-hydrogen) atoms. The molecule has 6 heteroatoms. The van der Waals surface area contributed by atoms with Gasteiger partial charge in [0, 0.05) is 23.2 Å². The zero-order valence-electron chi connectivity index (χ0n) is 10.8. The summed E-state index contributed by atoms with van der Waals surface area (Å²) < 4.78 is 23.6. The van der Waals surface area contributed by atoms with E-state index in [1.165, 1.54) is 0 Å². The normalized spacial score (nSPS) is 26.2. The van der Waals surface area contributed by atoms with E-state index in [1.807, 2.05) is 0 Å². The fourth-order valence-corrected chi connectivity index (χ4v) is 3.91. The first-order valence-corrected chi connectivity index (χ1v) is 8.20. The summed E-state index contributed by atoms with van der Waals surface area (Å²) in [4.78, 5) is 14.0. The molecule has 2 rings (SSSR count). The van der Waals surface area contributed by atoms with Crippen molar-refractivity contribution in [2.24, 2.45) is 0 Å². The predicted molar refractivity (Wildman–Crippen MR) is 75.2 cm³/mol. The average Bonchev–Trinajstić information content (AvgIpc) is 2.36. The fraction of sp³-hybridized carbons (Fsp3) is 0.462. The third-order valence-corrected chi connectivity index (χ3v) is 6.24. The molecule has 2 atom stereocenters. The molecule has 1 aliphatic heterocycles. The smallest absolute Gasteiger partial charge is 0.254 e. The van der Waals surface area contributed by atoms with Gasteiger partial charge in [-0.05, 0) is 38.1 Å². The zero-order chi connectivity index (χ0) is 14.2. The van der Waals surface area contributed by atoms with Crippen LogP contribution in [-0.4, -0.2) is 42.8 Å². The number of nitrogens with zero attached hydrogens (tertiary/aromatic N) is 1. The van der Waals surface area contributed by atoms with E-state index in [9.17, 15) is 13.2 Å². The molecule has 0 radical (unpaired) electrons. The minimum absolute atomic E-state index is 0.0256. The van der Waals surface area contributed by atoms with Crippen LogP contribution in [-0.2, 0) is 9.84 Å². The molecular formula is C13H16ClNO3S. The molecule has 1 aliphatic rings. The van der Waals surface area contributed by atoms with Gasteiger partial charge in [0.05, 0.1) is 11.0 Å². The molecule has 0 aliphatic carbocycles. The van der Waals surface area contributed by atoms with Crippen LogP contribution in [0.3, 0.4) is 0 Å². The van der Waals surface area contributed by atoms with Crippen molar-refractivity contribution >= 4 is 27.3 Å². The summed E-state index contributed by atoms with van der Waals surface area (Å²) in [6.45, 7) is 3.67. The van der Waals surface area contributed by atoms with Crippen LogP contribution in [0.1, 0.15) is 24.2 Å². The second-order valence-electron chi connectivity index (χ2n) is 4.82. The van der Waals surface area contributed by atoms with Crippen LogP contribution >= 0.6 is 11.6 Å². The molecule has 1 saturated heterocycles. The van der Waals surface area contributed by atoms with Crippen molar-refractivity contribution in [1.82, 2.24) is 4.90 Å². The van der Waals surface area contributed by atoms with Gasteiger partial charge in [0.2, 0.25) is 0 Å². The van der Waals surface area contributed by atoms with E-state index in [2.05, 4.69) is 0 Å². The summed E-state index contributed by atoms with van der Waals surface area (Å²) in [5.41, 5.74) is 0.530. The lowest BCUT2D eigenvalue weighted by atomic mass is 10.1. The Balaban J connectivity index is 2.23. The van der Waals surface area contributed by atoms with Gasteiger partial charge in [-0.1, -0.05) is 11.6 Å². The summed E-state index contributed by atoms with van der Waals surface area (Å²) in [5.74, 6) is -0.122. The largest absolute Gasteiger partial charge is 0.334 e. The zero-order valence-corrected chi connectivity index (χ0v) is 12.4. The molecule has 1 heterocycles. The van der Waals surface area contributed by atoms with Gasteiger partial charge in [0.25, 0.3) is 5.91 Å². The number of amides is 1. The highest BCUT2D eigenvalue weighted by atomic mass is 35.5. The van der Waals surface area contributed by atoms with Crippen molar-refractivity contribution in [3.05, 3.63) is 34.9 Å². The van der Waals surface area contributed by atoms with E-state index < -0.39 is 15.1 Å². The molecule has 0 bridgehead atoms. The molecule has 4 nitrogen and oxygen atoms in total. The number of halogens is 1. The molecule has 1 fully saturated rings. The Morgan fingerprint density at radius 3 is 2.42 bits per heavy atom. The molecule has 0 saturated carbocycles. The van der Waals surface area contributed by atoms with Crippen LogP contribution in [0, 0.1) is 0 Å². The lowest BCUT2D eigenvalue weighted by Gasteiger charge is -2.37. The number of sulfone groups is 1. The lowest BCUT2D eigenvalue weighted by molar-refractivity contribution is 0.0693. The maximum Gasteiger partial charge on any atom is 0.254 e. The first-order valence-electron chi connectivity index (χ1n) is 6.11. The summed E-state index contributed by atoms with van der Waals surface area (Å²) in [7, 11) is -3.08. The summed E-state index contributed by atoms with van der Waals surface area (Å²) in [5, 5.41) is 0.0386. The van der Waals surface area contributed by atoms with Gasteiger partial charge in [-0.2, -0.15) is 0 Å². The first kappa shape index (κ1) is 14.3. The Morgan fingerprint density at radius 2 is 1.84 bits per heavy atom. The number of benzene rings is 1. The maximum absolute atomic E-state index is 12.4. The lowest BCUT2D eigenvalue weighted by Crippen LogP contribution is -2.54. The highest BCUT2D eigenvalue weighted by Crippen LogP contribution is 2.22. The maximum atomic E-state index is 12.4. The predicted octanol–water partition coefficient (Wildman–Crippen LogP) is 1.99. The third-order valence-electron chi connectivity index (χ3n) is 3.71. The fourth-order valence-electron chi connectivity index (χ4n) is 2.21. The molecule has 1 amide bonds. The summed E-state index contributed by atoms with van der Waals surface area (Å²) in [6.07, 6.45) is 0. The highest BCUT2D eigenvalue weighted by molar-refractivity contribution is 7.92. The van der Waals surface area contributed by atoms with E-state index in [4.69, 9.17) is 11.6 Å². The molecule has 1 aromatic rings. The molecule has 104 valence electrons.